The van der Waals surface area contributed by atoms with E-state index in [0.29, 0.717) is 10.7 Å². The number of nitrogens with one attached hydrogen (secondary N) is 1. The van der Waals surface area contributed by atoms with Crippen LogP contribution in [-0.2, 0) is 21.4 Å². The van der Waals surface area contributed by atoms with Crippen molar-refractivity contribution in [3.05, 3.63) is 64.7 Å². The summed E-state index contributed by atoms with van der Waals surface area (Å²) in [6.07, 6.45) is 1.08. The summed E-state index contributed by atoms with van der Waals surface area (Å²) in [4.78, 5) is 12.2. The standard InChI is InChI=1S/C17H19ClN2O3S/c1-13-7-9-15(10-8-13)20(24(2,22)23)12-17(21)19-11-14-5-3-4-6-16(14)18/h3-10H,11-12H2,1-2H3,(H,19,21). The van der Waals surface area contributed by atoms with Gasteiger partial charge in [-0.15, -0.1) is 0 Å². The zero-order valence-electron chi connectivity index (χ0n) is 13.5. The second-order valence-electron chi connectivity index (χ2n) is 5.47. The van der Waals surface area contributed by atoms with Crippen molar-refractivity contribution in [2.75, 3.05) is 17.1 Å². The Balaban J connectivity index is 2.08. The van der Waals surface area contributed by atoms with E-state index in [-0.39, 0.29) is 13.1 Å². The van der Waals surface area contributed by atoms with Gasteiger partial charge in [0.25, 0.3) is 0 Å². The normalized spacial score (nSPS) is 11.1. The number of hydrogen-bond donors (Lipinski definition) is 1. The van der Waals surface area contributed by atoms with E-state index in [9.17, 15) is 13.2 Å². The van der Waals surface area contributed by atoms with Crippen LogP contribution >= 0.6 is 11.6 Å². The summed E-state index contributed by atoms with van der Waals surface area (Å²) in [5, 5.41) is 3.25. The van der Waals surface area contributed by atoms with Gasteiger partial charge < -0.3 is 5.32 Å². The summed E-state index contributed by atoms with van der Waals surface area (Å²) in [6.45, 7) is 1.86. The lowest BCUT2D eigenvalue weighted by molar-refractivity contribution is -0.119. The van der Waals surface area contributed by atoms with E-state index in [2.05, 4.69) is 5.32 Å². The van der Waals surface area contributed by atoms with Gasteiger partial charge in [-0.1, -0.05) is 47.5 Å². The Kier molecular flexibility index (Phi) is 5.85. The SMILES string of the molecule is Cc1ccc(N(CC(=O)NCc2ccccc2Cl)S(C)(=O)=O)cc1. The molecule has 0 saturated carbocycles. The monoisotopic (exact) mass is 366 g/mol. The van der Waals surface area contributed by atoms with Gasteiger partial charge in [0.2, 0.25) is 15.9 Å². The summed E-state index contributed by atoms with van der Waals surface area (Å²) in [7, 11) is -3.57. The number of rotatable bonds is 6. The highest BCUT2D eigenvalue weighted by atomic mass is 35.5. The number of aryl methyl sites for hydroxylation is 1. The molecule has 0 fully saturated rings. The Morgan fingerprint density at radius 1 is 1.12 bits per heavy atom. The second-order valence-corrected chi connectivity index (χ2v) is 7.79. The lowest BCUT2D eigenvalue weighted by atomic mass is 10.2. The minimum atomic E-state index is -3.57. The first-order chi connectivity index (χ1) is 11.3. The van der Waals surface area contributed by atoms with Crippen LogP contribution in [0.5, 0.6) is 0 Å². The maximum Gasteiger partial charge on any atom is 0.241 e. The Labute approximate surface area is 147 Å². The van der Waals surface area contributed by atoms with Crippen LogP contribution < -0.4 is 9.62 Å². The molecule has 1 amide bonds. The fourth-order valence-corrected chi connectivity index (χ4v) is 3.19. The molecule has 0 aliphatic heterocycles. The number of carbonyl (C=O) groups excluding carboxylic acids is 1. The predicted octanol–water partition coefficient (Wildman–Crippen LogP) is 2.73. The molecule has 0 bridgehead atoms. The summed E-state index contributed by atoms with van der Waals surface area (Å²) < 4.78 is 25.1. The number of benzene rings is 2. The summed E-state index contributed by atoms with van der Waals surface area (Å²) in [5.41, 5.74) is 2.24. The molecule has 128 valence electrons. The zero-order valence-corrected chi connectivity index (χ0v) is 15.1. The van der Waals surface area contributed by atoms with Crippen molar-refractivity contribution in [3.8, 4) is 0 Å². The van der Waals surface area contributed by atoms with Crippen LogP contribution in [0.15, 0.2) is 48.5 Å². The highest BCUT2D eigenvalue weighted by molar-refractivity contribution is 7.92. The third-order valence-electron chi connectivity index (χ3n) is 3.44. The van der Waals surface area contributed by atoms with Crippen molar-refractivity contribution < 1.29 is 13.2 Å². The van der Waals surface area contributed by atoms with Gasteiger partial charge in [0.05, 0.1) is 11.9 Å². The van der Waals surface area contributed by atoms with Crippen LogP contribution in [0.1, 0.15) is 11.1 Å². The molecule has 0 aliphatic rings. The van der Waals surface area contributed by atoms with E-state index in [0.717, 1.165) is 21.7 Å². The quantitative estimate of drug-likeness (QED) is 0.854. The van der Waals surface area contributed by atoms with Crippen LogP contribution in [0.3, 0.4) is 0 Å². The van der Waals surface area contributed by atoms with E-state index in [4.69, 9.17) is 11.6 Å². The van der Waals surface area contributed by atoms with E-state index >= 15 is 0 Å². The number of nitrogens with zero attached hydrogens (tertiary/aromatic N) is 1. The van der Waals surface area contributed by atoms with Crippen LogP contribution in [0, 0.1) is 6.92 Å². The first kappa shape index (κ1) is 18.3. The van der Waals surface area contributed by atoms with Gasteiger partial charge in [0, 0.05) is 11.6 Å². The fourth-order valence-electron chi connectivity index (χ4n) is 2.13. The van der Waals surface area contributed by atoms with Gasteiger partial charge in [0.1, 0.15) is 6.54 Å². The van der Waals surface area contributed by atoms with Crippen molar-refractivity contribution >= 4 is 33.2 Å². The number of anilines is 1. The molecule has 1 N–H and O–H groups in total. The van der Waals surface area contributed by atoms with E-state index in [1.165, 1.54) is 0 Å². The van der Waals surface area contributed by atoms with Crippen LogP contribution in [0.2, 0.25) is 5.02 Å². The minimum absolute atomic E-state index is 0.240. The number of carbonyl (C=O) groups is 1. The molecule has 0 spiro atoms. The Morgan fingerprint density at radius 2 is 1.75 bits per heavy atom. The van der Waals surface area contributed by atoms with Gasteiger partial charge in [-0.3, -0.25) is 9.10 Å². The number of amides is 1. The Morgan fingerprint density at radius 3 is 2.33 bits per heavy atom. The van der Waals surface area contributed by atoms with Crippen molar-refractivity contribution in [2.24, 2.45) is 0 Å². The Hall–Kier alpha value is -2.05. The number of hydrogen-bond acceptors (Lipinski definition) is 3. The average Bonchev–Trinajstić information content (AvgIpc) is 2.52. The molecule has 2 rings (SSSR count). The third-order valence-corrected chi connectivity index (χ3v) is 4.95. The topological polar surface area (TPSA) is 66.5 Å². The fraction of sp³-hybridized carbons (Fsp3) is 0.235. The molecule has 0 aliphatic carbocycles. The van der Waals surface area contributed by atoms with Crippen molar-refractivity contribution in [1.29, 1.82) is 0 Å². The average molecular weight is 367 g/mol. The van der Waals surface area contributed by atoms with Crippen LogP contribution in [0.4, 0.5) is 5.69 Å². The van der Waals surface area contributed by atoms with Gasteiger partial charge in [-0.25, -0.2) is 8.42 Å². The molecule has 2 aromatic rings. The smallest absolute Gasteiger partial charge is 0.241 e. The van der Waals surface area contributed by atoms with Gasteiger partial charge >= 0.3 is 0 Å². The zero-order chi connectivity index (χ0) is 17.7. The van der Waals surface area contributed by atoms with E-state index in [1.807, 2.05) is 13.0 Å². The maximum atomic E-state index is 12.2. The van der Waals surface area contributed by atoms with E-state index in [1.54, 1.807) is 42.5 Å². The van der Waals surface area contributed by atoms with Crippen LogP contribution in [0.25, 0.3) is 0 Å². The highest BCUT2D eigenvalue weighted by Crippen LogP contribution is 2.18. The van der Waals surface area contributed by atoms with Gasteiger partial charge in [-0.2, -0.15) is 0 Å². The first-order valence-corrected chi connectivity index (χ1v) is 9.54. The molecular formula is C17H19ClN2O3S. The molecule has 0 atom stereocenters. The van der Waals surface area contributed by atoms with Crippen LogP contribution in [-0.4, -0.2) is 27.1 Å². The van der Waals surface area contributed by atoms with Crippen molar-refractivity contribution in [3.63, 3.8) is 0 Å². The number of sulfonamides is 1. The van der Waals surface area contributed by atoms with E-state index < -0.39 is 15.9 Å². The molecule has 0 saturated heterocycles. The van der Waals surface area contributed by atoms with Crippen molar-refractivity contribution in [2.45, 2.75) is 13.5 Å². The molecule has 2 aromatic carbocycles. The minimum Gasteiger partial charge on any atom is -0.350 e. The second kappa shape index (κ2) is 7.68. The summed E-state index contributed by atoms with van der Waals surface area (Å²) in [5.74, 6) is -0.402. The number of halogens is 1. The van der Waals surface area contributed by atoms with Crippen molar-refractivity contribution in [1.82, 2.24) is 5.32 Å². The largest absolute Gasteiger partial charge is 0.350 e. The summed E-state index contributed by atoms with van der Waals surface area (Å²) in [6, 6.07) is 14.1. The lowest BCUT2D eigenvalue weighted by Gasteiger charge is -2.22. The molecule has 0 unspecified atom stereocenters. The maximum absolute atomic E-state index is 12.2. The molecule has 0 heterocycles. The predicted molar refractivity (Wildman–Crippen MR) is 96.7 cm³/mol. The lowest BCUT2D eigenvalue weighted by Crippen LogP contribution is -2.40. The molecule has 0 aromatic heterocycles. The molecule has 7 heteroatoms. The van der Waals surface area contributed by atoms with Gasteiger partial charge in [0.15, 0.2) is 0 Å². The summed E-state index contributed by atoms with van der Waals surface area (Å²) >= 11 is 6.04. The third kappa shape index (κ3) is 4.97. The molecule has 24 heavy (non-hydrogen) atoms. The van der Waals surface area contributed by atoms with Gasteiger partial charge in [-0.05, 0) is 30.7 Å². The molecule has 0 radical (unpaired) electrons. The molecule has 5 nitrogen and oxygen atoms in total. The highest BCUT2D eigenvalue weighted by Gasteiger charge is 2.20. The first-order valence-electron chi connectivity index (χ1n) is 7.32. The molecular weight excluding hydrogens is 348 g/mol. The Bertz CT molecular complexity index is 820.